The van der Waals surface area contributed by atoms with Gasteiger partial charge in [-0.2, -0.15) is 0 Å². The van der Waals surface area contributed by atoms with E-state index in [0.29, 0.717) is 5.92 Å². The molecule has 4 heteroatoms. The zero-order valence-corrected chi connectivity index (χ0v) is 13.2. The van der Waals surface area contributed by atoms with E-state index in [2.05, 4.69) is 33.9 Å². The van der Waals surface area contributed by atoms with E-state index in [-0.39, 0.29) is 23.2 Å². The molecule has 0 aromatic rings. The highest BCUT2D eigenvalue weighted by Gasteiger charge is 2.50. The quantitative estimate of drug-likeness (QED) is 0.584. The summed E-state index contributed by atoms with van der Waals surface area (Å²) < 4.78 is 12.1. The van der Waals surface area contributed by atoms with Gasteiger partial charge in [-0.1, -0.05) is 20.8 Å². The summed E-state index contributed by atoms with van der Waals surface area (Å²) in [6.07, 6.45) is 3.37. The van der Waals surface area contributed by atoms with Crippen LogP contribution >= 0.6 is 0 Å². The highest BCUT2D eigenvalue weighted by molar-refractivity contribution is 6.74. The summed E-state index contributed by atoms with van der Waals surface area (Å²) in [5, 5.41) is 0.193. The third-order valence-corrected chi connectivity index (χ3v) is 9.56. The number of rotatable bonds is 3. The predicted octanol–water partition coefficient (Wildman–Crippen LogP) is 3.00. The van der Waals surface area contributed by atoms with Crippen molar-refractivity contribution in [3.05, 3.63) is 0 Å². The Labute approximate surface area is 111 Å². The van der Waals surface area contributed by atoms with Crippen LogP contribution in [0, 0.1) is 11.8 Å². The van der Waals surface area contributed by atoms with Crippen LogP contribution in [0.3, 0.4) is 0 Å². The number of carbonyl (C=O) groups is 1. The van der Waals surface area contributed by atoms with Crippen LogP contribution in [0.2, 0.25) is 18.1 Å². The van der Waals surface area contributed by atoms with Crippen LogP contribution < -0.4 is 0 Å². The lowest BCUT2D eigenvalue weighted by Crippen LogP contribution is -2.45. The lowest BCUT2D eigenvalue weighted by Gasteiger charge is -2.39. The Hall–Kier alpha value is -0.193. The van der Waals surface area contributed by atoms with Crippen LogP contribution in [0.5, 0.6) is 0 Å². The van der Waals surface area contributed by atoms with Crippen molar-refractivity contribution in [2.75, 3.05) is 6.61 Å². The van der Waals surface area contributed by atoms with Gasteiger partial charge in [-0.05, 0) is 36.9 Å². The van der Waals surface area contributed by atoms with Crippen molar-refractivity contribution in [3.63, 3.8) is 0 Å². The maximum atomic E-state index is 11.4. The zero-order chi connectivity index (χ0) is 13.6. The fraction of sp³-hybridized carbons (Fsp3) is 0.929. The lowest BCUT2D eigenvalue weighted by molar-refractivity contribution is -0.114. The van der Waals surface area contributed by atoms with Crippen LogP contribution in [-0.2, 0) is 14.0 Å². The van der Waals surface area contributed by atoms with E-state index in [1.807, 2.05) is 0 Å². The molecule has 1 saturated carbocycles. The van der Waals surface area contributed by atoms with Gasteiger partial charge >= 0.3 is 0 Å². The minimum Gasteiger partial charge on any atom is -0.413 e. The monoisotopic (exact) mass is 270 g/mol. The molecule has 2 aliphatic rings. The maximum absolute atomic E-state index is 11.4. The second-order valence-corrected chi connectivity index (χ2v) is 12.0. The average molecular weight is 270 g/mol. The largest absolute Gasteiger partial charge is 0.413 e. The Morgan fingerprint density at radius 3 is 2.56 bits per heavy atom. The number of carbonyl (C=O) groups excluding carboxylic acids is 1. The molecule has 4 atom stereocenters. The van der Waals surface area contributed by atoms with E-state index in [0.717, 1.165) is 25.7 Å². The number of fused-ring (bicyclic) bond motifs is 1. The average Bonchev–Trinajstić information content (AvgIpc) is 2.74. The fourth-order valence-corrected chi connectivity index (χ4v) is 4.24. The van der Waals surface area contributed by atoms with Gasteiger partial charge in [-0.15, -0.1) is 0 Å². The Balaban J connectivity index is 2.08. The van der Waals surface area contributed by atoms with Crippen LogP contribution in [-0.4, -0.2) is 33.4 Å². The zero-order valence-electron chi connectivity index (χ0n) is 12.2. The van der Waals surface area contributed by atoms with Gasteiger partial charge in [0, 0.05) is 12.5 Å². The molecule has 0 radical (unpaired) electrons. The van der Waals surface area contributed by atoms with Gasteiger partial charge in [0.05, 0.1) is 12.2 Å². The molecule has 1 aliphatic heterocycles. The second-order valence-electron chi connectivity index (χ2n) is 7.23. The normalized spacial score (nSPS) is 36.7. The molecule has 0 bridgehead atoms. The van der Waals surface area contributed by atoms with E-state index in [4.69, 9.17) is 9.16 Å². The SMILES string of the molecule is CC(C)(C)[Si](C)(C)OC1C[C@@H]2OCC[C@@H]2[C@H]1C=O. The molecule has 0 aromatic heterocycles. The first-order valence-corrected chi connectivity index (χ1v) is 9.92. The number of ether oxygens (including phenoxy) is 1. The molecule has 1 heterocycles. The van der Waals surface area contributed by atoms with Gasteiger partial charge in [0.2, 0.25) is 0 Å². The van der Waals surface area contributed by atoms with E-state index < -0.39 is 8.32 Å². The third kappa shape index (κ3) is 2.42. The van der Waals surface area contributed by atoms with Gasteiger partial charge in [0.15, 0.2) is 8.32 Å². The maximum Gasteiger partial charge on any atom is 0.192 e. The minimum atomic E-state index is -1.79. The van der Waals surface area contributed by atoms with Crippen LogP contribution in [0.25, 0.3) is 0 Å². The van der Waals surface area contributed by atoms with Crippen molar-refractivity contribution < 1.29 is 14.0 Å². The molecule has 0 N–H and O–H groups in total. The molecule has 1 saturated heterocycles. The van der Waals surface area contributed by atoms with Crippen LogP contribution in [0.4, 0.5) is 0 Å². The Kier molecular flexibility index (Phi) is 3.73. The van der Waals surface area contributed by atoms with Gasteiger partial charge in [0.1, 0.15) is 6.29 Å². The van der Waals surface area contributed by atoms with E-state index in [1.54, 1.807) is 0 Å². The first-order valence-electron chi connectivity index (χ1n) is 7.01. The molecule has 18 heavy (non-hydrogen) atoms. The van der Waals surface area contributed by atoms with Gasteiger partial charge in [0.25, 0.3) is 0 Å². The van der Waals surface area contributed by atoms with Crippen molar-refractivity contribution in [2.24, 2.45) is 11.8 Å². The highest BCUT2D eigenvalue weighted by Crippen LogP contribution is 2.45. The minimum absolute atomic E-state index is 0.0478. The lowest BCUT2D eigenvalue weighted by atomic mass is 9.94. The first-order chi connectivity index (χ1) is 8.26. The molecule has 2 fully saturated rings. The van der Waals surface area contributed by atoms with Crippen LogP contribution in [0.15, 0.2) is 0 Å². The van der Waals surface area contributed by atoms with Crippen molar-refractivity contribution in [1.82, 2.24) is 0 Å². The molecule has 1 unspecified atom stereocenters. The van der Waals surface area contributed by atoms with E-state index >= 15 is 0 Å². The summed E-state index contributed by atoms with van der Waals surface area (Å²) in [5.74, 6) is 0.448. The van der Waals surface area contributed by atoms with Crippen LogP contribution in [0.1, 0.15) is 33.6 Å². The number of aldehydes is 1. The molecule has 3 nitrogen and oxygen atoms in total. The summed E-state index contributed by atoms with van der Waals surface area (Å²) in [6.45, 7) is 12.0. The molecular weight excluding hydrogens is 244 g/mol. The Bertz CT molecular complexity index is 321. The summed E-state index contributed by atoms with van der Waals surface area (Å²) in [4.78, 5) is 11.4. The predicted molar refractivity (Wildman–Crippen MR) is 74.1 cm³/mol. The molecule has 0 amide bonds. The fourth-order valence-electron chi connectivity index (χ4n) is 2.88. The van der Waals surface area contributed by atoms with Crippen molar-refractivity contribution in [1.29, 1.82) is 0 Å². The molecular formula is C14H26O3Si. The third-order valence-electron chi connectivity index (χ3n) is 5.06. The van der Waals surface area contributed by atoms with Crippen molar-refractivity contribution in [2.45, 2.75) is 64.0 Å². The topological polar surface area (TPSA) is 35.5 Å². The van der Waals surface area contributed by atoms with Gasteiger partial charge in [-0.25, -0.2) is 0 Å². The summed E-state index contributed by atoms with van der Waals surface area (Å²) >= 11 is 0. The van der Waals surface area contributed by atoms with E-state index in [1.165, 1.54) is 0 Å². The second kappa shape index (κ2) is 4.73. The molecule has 1 aliphatic carbocycles. The highest BCUT2D eigenvalue weighted by atomic mass is 28.4. The first kappa shape index (κ1) is 14.2. The summed E-state index contributed by atoms with van der Waals surface area (Å²) in [5.41, 5.74) is 0. The standard InChI is InChI=1S/C14H26O3Si/c1-14(2,3)18(4,5)17-13-8-12-10(6-7-16-12)11(13)9-15/h9-13H,6-8H2,1-5H3/t10-,11-,12+,13?/m1/s1. The summed E-state index contributed by atoms with van der Waals surface area (Å²) in [6, 6.07) is 0. The Morgan fingerprint density at radius 2 is 2.00 bits per heavy atom. The van der Waals surface area contributed by atoms with E-state index in [9.17, 15) is 4.79 Å². The number of hydrogen-bond donors (Lipinski definition) is 0. The van der Waals surface area contributed by atoms with Gasteiger partial charge < -0.3 is 14.0 Å². The van der Waals surface area contributed by atoms with Crippen molar-refractivity contribution >= 4 is 14.6 Å². The summed E-state index contributed by atoms with van der Waals surface area (Å²) in [7, 11) is -1.79. The molecule has 104 valence electrons. The molecule has 0 aromatic carbocycles. The van der Waals surface area contributed by atoms with Gasteiger partial charge in [-0.3, -0.25) is 0 Å². The van der Waals surface area contributed by atoms with Crippen molar-refractivity contribution in [3.8, 4) is 0 Å². The molecule has 2 rings (SSSR count). The molecule has 0 spiro atoms. The smallest absolute Gasteiger partial charge is 0.192 e. The Morgan fingerprint density at radius 1 is 1.33 bits per heavy atom. The number of hydrogen-bond acceptors (Lipinski definition) is 3.